The van der Waals surface area contributed by atoms with Crippen LogP contribution in [0.15, 0.2) is 80.0 Å². The predicted octanol–water partition coefficient (Wildman–Crippen LogP) is 6.50. The molecule has 2 rings (SSSR count). The van der Waals surface area contributed by atoms with E-state index in [1.54, 1.807) is 6.08 Å². The molecule has 0 aliphatic carbocycles. The molecule has 0 saturated heterocycles. The van der Waals surface area contributed by atoms with Crippen LogP contribution in [0.2, 0.25) is 0 Å². The summed E-state index contributed by atoms with van der Waals surface area (Å²) in [6, 6.07) is 17.1. The lowest BCUT2D eigenvalue weighted by Gasteiger charge is -2.36. The molecule has 2 atom stereocenters. The number of hydrazine groups is 1. The van der Waals surface area contributed by atoms with Crippen LogP contribution >= 0.6 is 0 Å². The Morgan fingerprint density at radius 1 is 1.06 bits per heavy atom. The summed E-state index contributed by atoms with van der Waals surface area (Å²) in [5, 5.41) is 9.66. The summed E-state index contributed by atoms with van der Waals surface area (Å²) < 4.78 is 0. The zero-order valence-electron chi connectivity index (χ0n) is 21.1. The fourth-order valence-electron chi connectivity index (χ4n) is 3.48. The van der Waals surface area contributed by atoms with E-state index in [0.29, 0.717) is 17.7 Å². The van der Waals surface area contributed by atoms with Gasteiger partial charge in [-0.2, -0.15) is 0 Å². The van der Waals surface area contributed by atoms with Crippen LogP contribution in [0.3, 0.4) is 0 Å². The van der Waals surface area contributed by atoms with Crippen molar-refractivity contribution in [2.45, 2.75) is 66.2 Å². The molecule has 0 spiro atoms. The van der Waals surface area contributed by atoms with Crippen LogP contribution < -0.4 is 11.3 Å². The van der Waals surface area contributed by atoms with Crippen LogP contribution in [0.25, 0.3) is 16.8 Å². The first-order valence-electron chi connectivity index (χ1n) is 11.7. The van der Waals surface area contributed by atoms with Gasteiger partial charge in [-0.05, 0) is 56.2 Å². The molecule has 4 N–H and O–H groups in total. The number of nitrogens with two attached hydrogens (primary N) is 1. The third-order valence-corrected chi connectivity index (χ3v) is 5.76. The molecular weight excluding hydrogens is 406 g/mol. The quantitative estimate of drug-likeness (QED) is 0.208. The molecule has 0 heterocycles. The van der Waals surface area contributed by atoms with Crippen LogP contribution in [0.4, 0.5) is 0 Å². The Morgan fingerprint density at radius 2 is 1.64 bits per heavy atom. The lowest BCUT2D eigenvalue weighted by molar-refractivity contribution is 0.167. The van der Waals surface area contributed by atoms with Gasteiger partial charge >= 0.3 is 0 Å². The van der Waals surface area contributed by atoms with Crippen LogP contribution in [-0.2, 0) is 6.54 Å². The summed E-state index contributed by atoms with van der Waals surface area (Å²) in [4.78, 5) is 2.37. The third-order valence-electron chi connectivity index (χ3n) is 5.76. The van der Waals surface area contributed by atoms with Crippen LogP contribution in [-0.4, -0.2) is 22.2 Å². The molecule has 0 aromatic heterocycles. The largest absolute Gasteiger partial charge is 0.393 e. The number of aliphatic hydroxyl groups excluding tert-OH is 1. The highest BCUT2D eigenvalue weighted by Crippen LogP contribution is 2.28. The Balaban J connectivity index is 0.00000172. The monoisotopic (exact) mass is 449 g/mol. The van der Waals surface area contributed by atoms with Crippen LogP contribution in [0, 0.1) is 5.92 Å². The Labute approximate surface area is 201 Å². The van der Waals surface area contributed by atoms with E-state index in [4.69, 9.17) is 5.84 Å². The maximum atomic E-state index is 9.66. The minimum absolute atomic E-state index is 0.310. The Bertz CT molecular complexity index is 884. The number of benzene rings is 2. The van der Waals surface area contributed by atoms with Crippen molar-refractivity contribution in [3.8, 4) is 11.1 Å². The molecule has 0 bridgehead atoms. The number of hydrogen-bond donors (Lipinski definition) is 3. The highest BCUT2D eigenvalue weighted by Gasteiger charge is 2.19. The average Bonchev–Trinajstić information content (AvgIpc) is 2.80. The second-order valence-electron chi connectivity index (χ2n) is 8.84. The molecule has 4 nitrogen and oxygen atoms in total. The zero-order chi connectivity index (χ0) is 25.0. The standard InChI is InChI=1S/C26H37N3O.C3H6/c1-18(2)22(6)29(19(3)11-12-20(4)30)17-23-13-15-24(16-14-23)26-10-8-7-9-25(26)21(5)28-27;1-3-2/h7-10,13-16,18,20,22,28,30H,3,5,11-12,17,27H2,1-2,4,6H3;3H,1H2,2H3. The van der Waals surface area contributed by atoms with Gasteiger partial charge in [0, 0.05) is 29.5 Å². The molecule has 2 unspecified atom stereocenters. The Morgan fingerprint density at radius 3 is 2.15 bits per heavy atom. The summed E-state index contributed by atoms with van der Waals surface area (Å²) in [5.74, 6) is 6.08. The maximum absolute atomic E-state index is 9.66. The first-order valence-corrected chi connectivity index (χ1v) is 11.7. The topological polar surface area (TPSA) is 61.5 Å². The van der Waals surface area contributed by atoms with E-state index in [-0.39, 0.29) is 6.10 Å². The van der Waals surface area contributed by atoms with Gasteiger partial charge in [0.1, 0.15) is 0 Å². The molecule has 0 saturated carbocycles. The van der Waals surface area contributed by atoms with Gasteiger partial charge in [0.2, 0.25) is 0 Å². The highest BCUT2D eigenvalue weighted by molar-refractivity contribution is 5.79. The van der Waals surface area contributed by atoms with E-state index in [1.165, 1.54) is 5.56 Å². The molecule has 33 heavy (non-hydrogen) atoms. The minimum atomic E-state index is -0.310. The normalized spacial score (nSPS) is 12.2. The van der Waals surface area contributed by atoms with Gasteiger partial charge < -0.3 is 15.4 Å². The molecule has 2 aromatic rings. The molecule has 0 aliphatic heterocycles. The summed E-state index contributed by atoms with van der Waals surface area (Å²) in [5.41, 5.74) is 8.88. The zero-order valence-corrected chi connectivity index (χ0v) is 21.1. The summed E-state index contributed by atoms with van der Waals surface area (Å²) in [6.07, 6.45) is 2.97. The lowest BCUT2D eigenvalue weighted by Crippen LogP contribution is -2.35. The second-order valence-corrected chi connectivity index (χ2v) is 8.84. The number of aliphatic hydroxyl groups is 1. The lowest BCUT2D eigenvalue weighted by atomic mass is 9.96. The Hall–Kier alpha value is -2.82. The molecule has 4 heteroatoms. The maximum Gasteiger partial charge on any atom is 0.0515 e. The van der Waals surface area contributed by atoms with Gasteiger partial charge in [-0.3, -0.25) is 5.84 Å². The molecule has 0 fully saturated rings. The van der Waals surface area contributed by atoms with Crippen molar-refractivity contribution in [2.24, 2.45) is 11.8 Å². The first kappa shape index (κ1) is 28.2. The van der Waals surface area contributed by atoms with Crippen molar-refractivity contribution < 1.29 is 5.11 Å². The van der Waals surface area contributed by atoms with E-state index in [0.717, 1.165) is 41.8 Å². The summed E-state index contributed by atoms with van der Waals surface area (Å²) >= 11 is 0. The van der Waals surface area contributed by atoms with Gasteiger partial charge in [0.05, 0.1) is 6.10 Å². The number of nitrogens with zero attached hydrogens (tertiary/aromatic N) is 1. The highest BCUT2D eigenvalue weighted by atomic mass is 16.3. The van der Waals surface area contributed by atoms with Crippen molar-refractivity contribution in [3.05, 3.63) is 91.2 Å². The van der Waals surface area contributed by atoms with Crippen LogP contribution in [0.1, 0.15) is 58.6 Å². The smallest absolute Gasteiger partial charge is 0.0515 e. The molecule has 0 aliphatic rings. The molecule has 2 aromatic carbocycles. The van der Waals surface area contributed by atoms with Gasteiger partial charge in [0.15, 0.2) is 0 Å². The third kappa shape index (κ3) is 8.91. The molecule has 180 valence electrons. The van der Waals surface area contributed by atoms with Crippen molar-refractivity contribution in [1.29, 1.82) is 0 Å². The van der Waals surface area contributed by atoms with Crippen molar-refractivity contribution >= 4 is 5.70 Å². The van der Waals surface area contributed by atoms with Crippen molar-refractivity contribution in [3.63, 3.8) is 0 Å². The fraction of sp³-hybridized carbons (Fsp3) is 0.379. The van der Waals surface area contributed by atoms with Crippen molar-refractivity contribution in [2.75, 3.05) is 0 Å². The van der Waals surface area contributed by atoms with E-state index in [2.05, 4.69) is 81.2 Å². The van der Waals surface area contributed by atoms with E-state index < -0.39 is 0 Å². The van der Waals surface area contributed by atoms with Crippen molar-refractivity contribution in [1.82, 2.24) is 10.3 Å². The average molecular weight is 450 g/mol. The summed E-state index contributed by atoms with van der Waals surface area (Å²) in [6.45, 7) is 22.9. The van der Waals surface area contributed by atoms with E-state index in [9.17, 15) is 5.11 Å². The SMILES string of the molecule is C=C(NN)c1ccccc1-c1ccc(CN(C(=C)CCC(C)O)C(C)C(C)C)cc1.C=CC. The number of rotatable bonds is 11. The molecule has 0 radical (unpaired) electrons. The molecule has 0 amide bonds. The predicted molar refractivity (Wildman–Crippen MR) is 144 cm³/mol. The van der Waals surface area contributed by atoms with Gasteiger partial charge in [-0.1, -0.05) is 81.6 Å². The first-order chi connectivity index (χ1) is 15.7. The van der Waals surface area contributed by atoms with Gasteiger partial charge in [0.25, 0.3) is 0 Å². The van der Waals surface area contributed by atoms with Gasteiger partial charge in [-0.25, -0.2) is 0 Å². The fourth-order valence-corrected chi connectivity index (χ4v) is 3.48. The van der Waals surface area contributed by atoms with Crippen LogP contribution in [0.5, 0.6) is 0 Å². The Kier molecular flexibility index (Phi) is 12.3. The minimum Gasteiger partial charge on any atom is -0.393 e. The number of nitrogens with one attached hydrogen (secondary N) is 1. The van der Waals surface area contributed by atoms with E-state index in [1.807, 2.05) is 32.0 Å². The van der Waals surface area contributed by atoms with E-state index >= 15 is 0 Å². The molecular formula is C29H43N3O. The number of hydrogen-bond acceptors (Lipinski definition) is 4. The number of allylic oxidation sites excluding steroid dienone is 2. The summed E-state index contributed by atoms with van der Waals surface area (Å²) in [7, 11) is 0. The second kappa shape index (κ2) is 14.4. The van der Waals surface area contributed by atoms with Gasteiger partial charge in [-0.15, -0.1) is 6.58 Å².